The van der Waals surface area contributed by atoms with Gasteiger partial charge < -0.3 is 9.26 Å². The Kier molecular flexibility index (Phi) is 3.35. The summed E-state index contributed by atoms with van der Waals surface area (Å²) >= 11 is 0. The number of methoxy groups -OCH3 is 1. The summed E-state index contributed by atoms with van der Waals surface area (Å²) in [5.41, 5.74) is 1.84. The Bertz CT molecular complexity index is 782. The van der Waals surface area contributed by atoms with E-state index in [9.17, 15) is 0 Å². The van der Waals surface area contributed by atoms with E-state index >= 15 is 0 Å². The van der Waals surface area contributed by atoms with E-state index in [4.69, 9.17) is 14.5 Å². The van der Waals surface area contributed by atoms with Crippen molar-refractivity contribution in [2.75, 3.05) is 7.11 Å². The topological polar surface area (TPSA) is 101 Å². The van der Waals surface area contributed by atoms with Crippen LogP contribution in [0.4, 0.5) is 0 Å². The Morgan fingerprint density at radius 1 is 1.33 bits per heavy atom. The van der Waals surface area contributed by atoms with Gasteiger partial charge in [0.1, 0.15) is 17.5 Å². The lowest BCUT2D eigenvalue weighted by Crippen LogP contribution is -1.91. The molecule has 7 nitrogen and oxygen atoms in total. The minimum absolute atomic E-state index is 0.281. The highest BCUT2D eigenvalue weighted by atomic mass is 16.5. The van der Waals surface area contributed by atoms with Crippen LogP contribution in [0, 0.1) is 11.3 Å². The number of hydrogen-bond acceptors (Lipinski definition) is 6. The van der Waals surface area contributed by atoms with Crippen LogP contribution in [0.3, 0.4) is 0 Å². The van der Waals surface area contributed by atoms with E-state index in [2.05, 4.69) is 20.3 Å². The average molecular weight is 281 g/mol. The van der Waals surface area contributed by atoms with Gasteiger partial charge in [0, 0.05) is 6.42 Å². The number of nitriles is 1. The molecule has 104 valence electrons. The van der Waals surface area contributed by atoms with Gasteiger partial charge in [0.25, 0.3) is 5.89 Å². The molecule has 7 heteroatoms. The summed E-state index contributed by atoms with van der Waals surface area (Å²) in [7, 11) is 1.62. The molecule has 0 saturated carbocycles. The van der Waals surface area contributed by atoms with Crippen LogP contribution < -0.4 is 4.74 Å². The predicted molar refractivity (Wildman–Crippen MR) is 72.4 cm³/mol. The highest BCUT2D eigenvalue weighted by Gasteiger charge is 2.15. The highest BCUT2D eigenvalue weighted by Crippen LogP contribution is 2.20. The molecule has 1 aromatic carbocycles. The van der Waals surface area contributed by atoms with Crippen molar-refractivity contribution in [1.29, 1.82) is 5.26 Å². The number of aromatic amines is 1. The molecule has 0 aliphatic carbocycles. The second-order valence-electron chi connectivity index (χ2n) is 4.31. The average Bonchev–Trinajstić information content (AvgIpc) is 3.16. The molecule has 0 aliphatic heterocycles. The minimum Gasteiger partial charge on any atom is -0.497 e. The predicted octanol–water partition coefficient (Wildman–Crippen LogP) is 1.93. The maximum atomic E-state index is 8.94. The largest absolute Gasteiger partial charge is 0.497 e. The fraction of sp³-hybridized carbons (Fsp3) is 0.143. The molecule has 0 atom stereocenters. The SMILES string of the molecule is COc1ccc(Cc2noc(-c3cn[nH]c3C#N)n2)cc1. The van der Waals surface area contributed by atoms with E-state index in [-0.39, 0.29) is 5.89 Å². The van der Waals surface area contributed by atoms with Crippen molar-refractivity contribution in [3.8, 4) is 23.3 Å². The minimum atomic E-state index is 0.281. The number of hydrogen-bond donors (Lipinski definition) is 1. The van der Waals surface area contributed by atoms with Gasteiger partial charge in [-0.15, -0.1) is 0 Å². The fourth-order valence-electron chi connectivity index (χ4n) is 1.89. The number of H-pyrrole nitrogens is 1. The number of aromatic nitrogens is 4. The molecular formula is C14H11N5O2. The second kappa shape index (κ2) is 5.46. The van der Waals surface area contributed by atoms with Gasteiger partial charge in [-0.1, -0.05) is 17.3 Å². The standard InChI is InChI=1S/C14H11N5O2/c1-20-10-4-2-9(3-5-10)6-13-17-14(21-19-13)11-8-16-18-12(11)7-15/h2-5,8H,6H2,1H3,(H,16,18). The number of benzene rings is 1. The van der Waals surface area contributed by atoms with E-state index < -0.39 is 0 Å². The third kappa shape index (κ3) is 2.60. The summed E-state index contributed by atoms with van der Waals surface area (Å²) in [5.74, 6) is 1.62. The summed E-state index contributed by atoms with van der Waals surface area (Å²) < 4.78 is 10.3. The van der Waals surface area contributed by atoms with E-state index in [0.717, 1.165) is 11.3 Å². The van der Waals surface area contributed by atoms with Gasteiger partial charge >= 0.3 is 0 Å². The van der Waals surface area contributed by atoms with E-state index in [1.54, 1.807) is 7.11 Å². The molecule has 3 rings (SSSR count). The molecule has 2 heterocycles. The number of rotatable bonds is 4. The fourth-order valence-corrected chi connectivity index (χ4v) is 1.89. The van der Waals surface area contributed by atoms with Gasteiger partial charge in [0.15, 0.2) is 5.82 Å². The summed E-state index contributed by atoms with van der Waals surface area (Å²) in [6, 6.07) is 9.61. The van der Waals surface area contributed by atoms with Gasteiger partial charge in [-0.3, -0.25) is 5.10 Å². The Hall–Kier alpha value is -3.14. The Morgan fingerprint density at radius 3 is 2.86 bits per heavy atom. The summed E-state index contributed by atoms with van der Waals surface area (Å²) in [5, 5.41) is 19.2. The highest BCUT2D eigenvalue weighted by molar-refractivity contribution is 5.59. The van der Waals surface area contributed by atoms with Crippen molar-refractivity contribution in [2.24, 2.45) is 0 Å². The van der Waals surface area contributed by atoms with Crippen LogP contribution in [0.5, 0.6) is 5.75 Å². The molecular weight excluding hydrogens is 270 g/mol. The monoisotopic (exact) mass is 281 g/mol. The number of nitrogens with one attached hydrogen (secondary N) is 1. The zero-order valence-corrected chi connectivity index (χ0v) is 11.2. The first kappa shape index (κ1) is 12.9. The zero-order valence-electron chi connectivity index (χ0n) is 11.2. The van der Waals surface area contributed by atoms with Crippen molar-refractivity contribution < 1.29 is 9.26 Å². The van der Waals surface area contributed by atoms with Crippen LogP contribution in [0.15, 0.2) is 35.0 Å². The Morgan fingerprint density at radius 2 is 2.14 bits per heavy atom. The van der Waals surface area contributed by atoms with Crippen LogP contribution >= 0.6 is 0 Å². The third-order valence-electron chi connectivity index (χ3n) is 2.97. The third-order valence-corrected chi connectivity index (χ3v) is 2.97. The Labute approximate surface area is 120 Å². The van der Waals surface area contributed by atoms with Crippen LogP contribution in [-0.2, 0) is 6.42 Å². The van der Waals surface area contributed by atoms with Gasteiger partial charge in [0.2, 0.25) is 0 Å². The lowest BCUT2D eigenvalue weighted by atomic mass is 10.1. The number of nitrogens with zero attached hydrogens (tertiary/aromatic N) is 4. The quantitative estimate of drug-likeness (QED) is 0.784. The van der Waals surface area contributed by atoms with Gasteiger partial charge in [-0.05, 0) is 17.7 Å². The second-order valence-corrected chi connectivity index (χ2v) is 4.31. The molecule has 0 aliphatic rings. The van der Waals surface area contributed by atoms with Crippen molar-refractivity contribution in [3.63, 3.8) is 0 Å². The first-order chi connectivity index (χ1) is 10.3. The van der Waals surface area contributed by atoms with Crippen molar-refractivity contribution in [3.05, 3.63) is 47.5 Å². The smallest absolute Gasteiger partial charge is 0.262 e. The Balaban J connectivity index is 1.80. The molecule has 0 bridgehead atoms. The molecule has 0 amide bonds. The molecule has 0 radical (unpaired) electrons. The van der Waals surface area contributed by atoms with Crippen LogP contribution in [0.2, 0.25) is 0 Å². The first-order valence-electron chi connectivity index (χ1n) is 6.19. The maximum Gasteiger partial charge on any atom is 0.262 e. The molecule has 0 fully saturated rings. The van der Waals surface area contributed by atoms with E-state index in [1.807, 2.05) is 30.3 Å². The van der Waals surface area contributed by atoms with Gasteiger partial charge in [-0.2, -0.15) is 15.3 Å². The van der Waals surface area contributed by atoms with Crippen LogP contribution in [-0.4, -0.2) is 27.4 Å². The van der Waals surface area contributed by atoms with Crippen LogP contribution in [0.1, 0.15) is 17.1 Å². The van der Waals surface area contributed by atoms with Gasteiger partial charge in [-0.25, -0.2) is 0 Å². The van der Waals surface area contributed by atoms with Crippen molar-refractivity contribution >= 4 is 0 Å². The summed E-state index contributed by atoms with van der Waals surface area (Å²) in [6.45, 7) is 0. The summed E-state index contributed by atoms with van der Waals surface area (Å²) in [4.78, 5) is 4.28. The van der Waals surface area contributed by atoms with Crippen LogP contribution in [0.25, 0.3) is 11.5 Å². The van der Waals surface area contributed by atoms with E-state index in [1.165, 1.54) is 6.20 Å². The molecule has 0 spiro atoms. The molecule has 1 N–H and O–H groups in total. The van der Waals surface area contributed by atoms with Gasteiger partial charge in [0.05, 0.1) is 18.9 Å². The molecule has 21 heavy (non-hydrogen) atoms. The molecule has 3 aromatic rings. The molecule has 2 aromatic heterocycles. The lowest BCUT2D eigenvalue weighted by Gasteiger charge is -2.00. The zero-order chi connectivity index (χ0) is 14.7. The maximum absolute atomic E-state index is 8.94. The van der Waals surface area contributed by atoms with Crippen molar-refractivity contribution in [2.45, 2.75) is 6.42 Å². The molecule has 0 saturated heterocycles. The number of ether oxygens (including phenoxy) is 1. The normalized spacial score (nSPS) is 10.3. The lowest BCUT2D eigenvalue weighted by molar-refractivity contribution is 0.414. The molecule has 0 unspecified atom stereocenters. The summed E-state index contributed by atoms with van der Waals surface area (Å²) in [6.07, 6.45) is 2.02. The van der Waals surface area contributed by atoms with E-state index in [0.29, 0.717) is 23.5 Å². The van der Waals surface area contributed by atoms with Crippen molar-refractivity contribution in [1.82, 2.24) is 20.3 Å². The first-order valence-corrected chi connectivity index (χ1v) is 6.19.